The number of rotatable bonds is 7. The zero-order valence-electron chi connectivity index (χ0n) is 27.7. The van der Waals surface area contributed by atoms with E-state index in [9.17, 15) is 24.0 Å². The van der Waals surface area contributed by atoms with Crippen molar-refractivity contribution in [1.82, 2.24) is 25.8 Å². The van der Waals surface area contributed by atoms with Gasteiger partial charge in [0.2, 0.25) is 29.5 Å². The molecule has 0 bridgehead atoms. The van der Waals surface area contributed by atoms with E-state index >= 15 is 0 Å². The summed E-state index contributed by atoms with van der Waals surface area (Å²) in [6.07, 6.45) is 0.373. The van der Waals surface area contributed by atoms with Crippen molar-refractivity contribution in [2.75, 3.05) is 14.1 Å². The van der Waals surface area contributed by atoms with Crippen LogP contribution >= 0.6 is 0 Å². The van der Waals surface area contributed by atoms with Crippen molar-refractivity contribution in [2.24, 2.45) is 17.8 Å². The molecule has 1 aliphatic heterocycles. The Bertz CT molecular complexity index is 1330. The highest BCUT2D eigenvalue weighted by atomic mass is 16.2. The SMILES string of the molecule is CC(C)[C@@H]1NC(=O)[C@H](C(C)C)N(C)C(=O)[C@H](C(C)C)NC(=O)[C@H](Cc2ccccc2)N(C)C(=O)[C@H](Cc2ccccc2)NC1=O. The van der Waals surface area contributed by atoms with E-state index in [2.05, 4.69) is 16.0 Å². The highest BCUT2D eigenvalue weighted by Gasteiger charge is 2.40. The minimum absolute atomic E-state index is 0.179. The third-order valence-corrected chi connectivity index (χ3v) is 8.43. The van der Waals surface area contributed by atoms with Gasteiger partial charge < -0.3 is 25.8 Å². The molecule has 10 heteroatoms. The Morgan fingerprint density at radius 3 is 1.53 bits per heavy atom. The standard InChI is InChI=1S/C35H49N5O5/c1-21(2)28-32(42)36-26(19-24-15-11-9-12-16-24)34(44)39(7)27(20-25-17-13-10-14-18-25)31(41)38-29(22(3)4)35(45)40(8)30(23(5)6)33(43)37-28/h9-18,21-23,26-30H,19-20H2,1-8H3,(H,36,42)(H,37,43)(H,38,41)/t26-,27-,28-,29-,30-/m0/s1. The zero-order valence-corrected chi connectivity index (χ0v) is 27.7. The second-order valence-electron chi connectivity index (χ2n) is 13.0. The molecule has 10 nitrogen and oxygen atoms in total. The fourth-order valence-electron chi connectivity index (χ4n) is 5.77. The van der Waals surface area contributed by atoms with Gasteiger partial charge in [-0.05, 0) is 28.9 Å². The highest BCUT2D eigenvalue weighted by Crippen LogP contribution is 2.18. The first kappa shape index (κ1) is 35.3. The molecule has 45 heavy (non-hydrogen) atoms. The summed E-state index contributed by atoms with van der Waals surface area (Å²) in [6.45, 7) is 10.9. The van der Waals surface area contributed by atoms with Gasteiger partial charge in [-0.25, -0.2) is 0 Å². The van der Waals surface area contributed by atoms with E-state index in [4.69, 9.17) is 0 Å². The Balaban J connectivity index is 2.17. The molecule has 244 valence electrons. The molecule has 0 aromatic heterocycles. The molecule has 0 aliphatic carbocycles. The van der Waals surface area contributed by atoms with Crippen LogP contribution in [0.3, 0.4) is 0 Å². The summed E-state index contributed by atoms with van der Waals surface area (Å²) in [5.74, 6) is -3.31. The fraction of sp³-hybridized carbons (Fsp3) is 0.514. The Morgan fingerprint density at radius 2 is 1.04 bits per heavy atom. The van der Waals surface area contributed by atoms with Crippen molar-refractivity contribution in [3.05, 3.63) is 71.8 Å². The van der Waals surface area contributed by atoms with Crippen molar-refractivity contribution in [1.29, 1.82) is 0 Å². The van der Waals surface area contributed by atoms with E-state index in [1.54, 1.807) is 14.1 Å². The van der Waals surface area contributed by atoms with Crippen molar-refractivity contribution in [3.8, 4) is 0 Å². The average molecular weight is 620 g/mol. The summed E-state index contributed by atoms with van der Waals surface area (Å²) in [5.41, 5.74) is 1.65. The summed E-state index contributed by atoms with van der Waals surface area (Å²) < 4.78 is 0. The largest absolute Gasteiger partial charge is 0.342 e. The number of amides is 5. The quantitative estimate of drug-likeness (QED) is 0.439. The number of nitrogens with zero attached hydrogens (tertiary/aromatic N) is 2. The van der Waals surface area contributed by atoms with E-state index in [0.717, 1.165) is 11.1 Å². The third kappa shape index (κ3) is 8.93. The van der Waals surface area contributed by atoms with Crippen LogP contribution in [0.4, 0.5) is 0 Å². The Hall–Kier alpha value is -4.21. The molecule has 5 amide bonds. The van der Waals surface area contributed by atoms with Crippen LogP contribution in [0, 0.1) is 17.8 Å². The van der Waals surface area contributed by atoms with Gasteiger partial charge in [0.25, 0.3) is 0 Å². The predicted molar refractivity (Wildman–Crippen MR) is 174 cm³/mol. The molecule has 3 N–H and O–H groups in total. The maximum absolute atomic E-state index is 14.3. The van der Waals surface area contributed by atoms with Gasteiger partial charge in [-0.3, -0.25) is 24.0 Å². The van der Waals surface area contributed by atoms with Gasteiger partial charge in [0.15, 0.2) is 0 Å². The van der Waals surface area contributed by atoms with Gasteiger partial charge in [-0.15, -0.1) is 0 Å². The van der Waals surface area contributed by atoms with Gasteiger partial charge in [0, 0.05) is 26.9 Å². The lowest BCUT2D eigenvalue weighted by molar-refractivity contribution is -0.146. The van der Waals surface area contributed by atoms with E-state index in [1.165, 1.54) is 9.80 Å². The number of nitrogens with one attached hydrogen (secondary N) is 3. The first-order valence-corrected chi connectivity index (χ1v) is 15.7. The maximum atomic E-state index is 14.3. The lowest BCUT2D eigenvalue weighted by Crippen LogP contribution is -2.60. The van der Waals surface area contributed by atoms with E-state index in [1.807, 2.05) is 102 Å². The van der Waals surface area contributed by atoms with Crippen LogP contribution in [0.15, 0.2) is 60.7 Å². The van der Waals surface area contributed by atoms with Gasteiger partial charge in [-0.2, -0.15) is 0 Å². The second kappa shape index (κ2) is 15.7. The van der Waals surface area contributed by atoms with Crippen LogP contribution in [0.1, 0.15) is 52.7 Å². The normalized spacial score (nSPS) is 24.3. The molecule has 5 atom stereocenters. The van der Waals surface area contributed by atoms with Crippen molar-refractivity contribution < 1.29 is 24.0 Å². The van der Waals surface area contributed by atoms with E-state index < -0.39 is 59.7 Å². The van der Waals surface area contributed by atoms with Crippen LogP contribution in [0.5, 0.6) is 0 Å². The summed E-state index contributed by atoms with van der Waals surface area (Å²) in [5, 5.41) is 8.69. The van der Waals surface area contributed by atoms with Gasteiger partial charge in [0.1, 0.15) is 30.2 Å². The lowest BCUT2D eigenvalue weighted by atomic mass is 9.96. The number of hydrogen-bond donors (Lipinski definition) is 3. The Morgan fingerprint density at radius 1 is 0.556 bits per heavy atom. The van der Waals surface area contributed by atoms with Crippen LogP contribution in [0.25, 0.3) is 0 Å². The molecule has 2 aromatic carbocycles. The van der Waals surface area contributed by atoms with Crippen LogP contribution < -0.4 is 16.0 Å². The van der Waals surface area contributed by atoms with Crippen molar-refractivity contribution >= 4 is 29.5 Å². The van der Waals surface area contributed by atoms with Crippen LogP contribution in [0.2, 0.25) is 0 Å². The zero-order chi connectivity index (χ0) is 33.4. The second-order valence-corrected chi connectivity index (χ2v) is 13.0. The van der Waals surface area contributed by atoms with E-state index in [-0.39, 0.29) is 30.6 Å². The minimum Gasteiger partial charge on any atom is -0.342 e. The third-order valence-electron chi connectivity index (χ3n) is 8.43. The molecular weight excluding hydrogens is 570 g/mol. The highest BCUT2D eigenvalue weighted by molar-refractivity contribution is 5.98. The monoisotopic (exact) mass is 619 g/mol. The average Bonchev–Trinajstić information content (AvgIpc) is 2.99. The molecule has 0 unspecified atom stereocenters. The molecule has 3 rings (SSSR count). The van der Waals surface area contributed by atoms with Crippen LogP contribution in [-0.2, 0) is 36.8 Å². The molecule has 1 heterocycles. The number of carbonyl (C=O) groups excluding carboxylic acids is 5. The minimum atomic E-state index is -1.02. The number of likely N-dealkylation sites (N-methyl/N-ethyl adjacent to an activating group) is 2. The van der Waals surface area contributed by atoms with Gasteiger partial charge in [-0.1, -0.05) is 102 Å². The smallest absolute Gasteiger partial charge is 0.245 e. The maximum Gasteiger partial charge on any atom is 0.245 e. The van der Waals surface area contributed by atoms with Crippen LogP contribution in [-0.4, -0.2) is 83.6 Å². The Labute approximate surface area is 267 Å². The van der Waals surface area contributed by atoms with Gasteiger partial charge in [0.05, 0.1) is 0 Å². The number of carbonyl (C=O) groups is 5. The summed E-state index contributed by atoms with van der Waals surface area (Å²) in [4.78, 5) is 72.6. The molecule has 0 spiro atoms. The first-order chi connectivity index (χ1) is 21.2. The number of hydrogen-bond acceptors (Lipinski definition) is 5. The molecule has 1 fully saturated rings. The first-order valence-electron chi connectivity index (χ1n) is 15.7. The summed E-state index contributed by atoms with van der Waals surface area (Å²) in [7, 11) is 3.09. The fourth-order valence-corrected chi connectivity index (χ4v) is 5.77. The van der Waals surface area contributed by atoms with E-state index in [0.29, 0.717) is 0 Å². The molecule has 0 saturated carbocycles. The number of benzene rings is 2. The molecular formula is C35H49N5O5. The summed E-state index contributed by atoms with van der Waals surface area (Å²) >= 11 is 0. The predicted octanol–water partition coefficient (Wildman–Crippen LogP) is 2.56. The molecule has 1 aliphatic rings. The lowest BCUT2D eigenvalue weighted by Gasteiger charge is -2.36. The van der Waals surface area contributed by atoms with Crippen molar-refractivity contribution in [3.63, 3.8) is 0 Å². The molecule has 2 aromatic rings. The Kier molecular flexibility index (Phi) is 12.3. The van der Waals surface area contributed by atoms with Crippen molar-refractivity contribution in [2.45, 2.75) is 84.6 Å². The van der Waals surface area contributed by atoms with Gasteiger partial charge >= 0.3 is 0 Å². The summed E-state index contributed by atoms with van der Waals surface area (Å²) in [6, 6.07) is 13.8. The molecule has 0 radical (unpaired) electrons. The topological polar surface area (TPSA) is 128 Å². The molecule has 1 saturated heterocycles.